The highest BCUT2D eigenvalue weighted by Gasteiger charge is 2.08. The normalized spacial score (nSPS) is 10.1. The van der Waals surface area contributed by atoms with Crippen molar-refractivity contribution in [3.05, 3.63) is 42.1 Å². The van der Waals surface area contributed by atoms with Crippen molar-refractivity contribution in [2.75, 3.05) is 5.73 Å². The van der Waals surface area contributed by atoms with Crippen molar-refractivity contribution < 1.29 is 9.90 Å². The quantitative estimate of drug-likeness (QED) is 0.651. The number of aromatic amines is 1. The SMILES string of the molecule is Nc1ccccc1-c1ccc(C(=O)O)[nH]1. The zero-order valence-corrected chi connectivity index (χ0v) is 7.90. The van der Waals surface area contributed by atoms with E-state index in [2.05, 4.69) is 4.98 Å². The number of aromatic carboxylic acids is 1. The zero-order chi connectivity index (χ0) is 10.8. The van der Waals surface area contributed by atoms with Gasteiger partial charge < -0.3 is 15.8 Å². The Kier molecular flexibility index (Phi) is 2.17. The number of rotatable bonds is 2. The highest BCUT2D eigenvalue weighted by Crippen LogP contribution is 2.24. The van der Waals surface area contributed by atoms with Crippen molar-refractivity contribution >= 4 is 11.7 Å². The molecule has 0 radical (unpaired) electrons. The zero-order valence-electron chi connectivity index (χ0n) is 7.90. The molecule has 0 fully saturated rings. The van der Waals surface area contributed by atoms with E-state index in [1.54, 1.807) is 12.1 Å². The van der Waals surface area contributed by atoms with Crippen LogP contribution in [0.4, 0.5) is 5.69 Å². The Morgan fingerprint density at radius 1 is 1.20 bits per heavy atom. The van der Waals surface area contributed by atoms with Crippen molar-refractivity contribution in [1.29, 1.82) is 0 Å². The van der Waals surface area contributed by atoms with E-state index >= 15 is 0 Å². The Morgan fingerprint density at radius 2 is 1.93 bits per heavy atom. The Balaban J connectivity index is 2.46. The molecule has 0 bridgehead atoms. The van der Waals surface area contributed by atoms with E-state index in [4.69, 9.17) is 10.8 Å². The van der Waals surface area contributed by atoms with Crippen LogP contribution in [0.2, 0.25) is 0 Å². The maximum atomic E-state index is 10.7. The summed E-state index contributed by atoms with van der Waals surface area (Å²) in [5.41, 5.74) is 8.08. The van der Waals surface area contributed by atoms with Crippen molar-refractivity contribution in [2.45, 2.75) is 0 Å². The third kappa shape index (κ3) is 1.69. The first kappa shape index (κ1) is 9.33. The number of hydrogen-bond acceptors (Lipinski definition) is 2. The summed E-state index contributed by atoms with van der Waals surface area (Å²) in [4.78, 5) is 13.5. The predicted octanol–water partition coefficient (Wildman–Crippen LogP) is 1.96. The summed E-state index contributed by atoms with van der Waals surface area (Å²) in [5, 5.41) is 8.75. The molecule has 2 aromatic rings. The van der Waals surface area contributed by atoms with E-state index < -0.39 is 5.97 Å². The molecule has 0 unspecified atom stereocenters. The molecule has 0 aliphatic rings. The molecule has 15 heavy (non-hydrogen) atoms. The Bertz CT molecular complexity index is 503. The summed E-state index contributed by atoms with van der Waals surface area (Å²) in [6, 6.07) is 10.5. The van der Waals surface area contributed by atoms with Gasteiger partial charge in [0.25, 0.3) is 0 Å². The van der Waals surface area contributed by atoms with Gasteiger partial charge in [0, 0.05) is 16.9 Å². The molecule has 0 amide bonds. The molecule has 0 atom stereocenters. The van der Waals surface area contributed by atoms with Gasteiger partial charge in [-0.05, 0) is 18.2 Å². The van der Waals surface area contributed by atoms with Gasteiger partial charge in [-0.3, -0.25) is 0 Å². The molecule has 1 heterocycles. The lowest BCUT2D eigenvalue weighted by molar-refractivity contribution is 0.0691. The topological polar surface area (TPSA) is 79.1 Å². The van der Waals surface area contributed by atoms with Gasteiger partial charge in [-0.15, -0.1) is 0 Å². The Morgan fingerprint density at radius 3 is 2.53 bits per heavy atom. The molecule has 0 saturated carbocycles. The first-order valence-corrected chi connectivity index (χ1v) is 4.45. The number of benzene rings is 1. The smallest absolute Gasteiger partial charge is 0.352 e. The molecular weight excluding hydrogens is 192 g/mol. The fourth-order valence-corrected chi connectivity index (χ4v) is 1.42. The number of aromatic nitrogens is 1. The highest BCUT2D eigenvalue weighted by atomic mass is 16.4. The van der Waals surface area contributed by atoms with E-state index in [0.717, 1.165) is 5.56 Å². The minimum Gasteiger partial charge on any atom is -0.477 e. The molecule has 0 aliphatic heterocycles. The largest absolute Gasteiger partial charge is 0.477 e. The molecule has 4 N–H and O–H groups in total. The molecule has 2 rings (SSSR count). The lowest BCUT2D eigenvalue weighted by Crippen LogP contribution is -1.96. The standard InChI is InChI=1S/C11H10N2O2/c12-8-4-2-1-3-7(8)9-5-6-10(13-9)11(14)15/h1-6,13H,12H2,(H,14,15). The highest BCUT2D eigenvalue weighted by molar-refractivity contribution is 5.87. The number of H-pyrrole nitrogens is 1. The summed E-state index contributed by atoms with van der Waals surface area (Å²) in [6.45, 7) is 0. The van der Waals surface area contributed by atoms with E-state index in [1.165, 1.54) is 6.07 Å². The van der Waals surface area contributed by atoms with Crippen molar-refractivity contribution in [3.8, 4) is 11.3 Å². The maximum absolute atomic E-state index is 10.7. The van der Waals surface area contributed by atoms with E-state index in [9.17, 15) is 4.79 Å². The number of nitrogen functional groups attached to an aromatic ring is 1. The number of hydrogen-bond donors (Lipinski definition) is 3. The van der Waals surface area contributed by atoms with Crippen LogP contribution in [0.1, 0.15) is 10.5 Å². The number of para-hydroxylation sites is 1. The fourth-order valence-electron chi connectivity index (χ4n) is 1.42. The van der Waals surface area contributed by atoms with Gasteiger partial charge >= 0.3 is 5.97 Å². The van der Waals surface area contributed by atoms with Crippen LogP contribution in [0.3, 0.4) is 0 Å². The van der Waals surface area contributed by atoms with Crippen LogP contribution in [0.25, 0.3) is 11.3 Å². The first-order valence-electron chi connectivity index (χ1n) is 4.45. The summed E-state index contributed by atoms with van der Waals surface area (Å²) in [5.74, 6) is -0.976. The third-order valence-electron chi connectivity index (χ3n) is 2.17. The lowest BCUT2D eigenvalue weighted by atomic mass is 10.1. The van der Waals surface area contributed by atoms with Crippen LogP contribution < -0.4 is 5.73 Å². The second-order valence-corrected chi connectivity index (χ2v) is 3.18. The van der Waals surface area contributed by atoms with Crippen LogP contribution >= 0.6 is 0 Å². The van der Waals surface area contributed by atoms with Crippen LogP contribution in [0, 0.1) is 0 Å². The minimum absolute atomic E-state index is 0.160. The maximum Gasteiger partial charge on any atom is 0.352 e. The summed E-state index contributed by atoms with van der Waals surface area (Å²) in [7, 11) is 0. The lowest BCUT2D eigenvalue weighted by Gasteiger charge is -2.01. The molecule has 76 valence electrons. The van der Waals surface area contributed by atoms with Gasteiger partial charge in [0.15, 0.2) is 0 Å². The van der Waals surface area contributed by atoms with Crippen molar-refractivity contribution in [2.24, 2.45) is 0 Å². The number of anilines is 1. The number of nitrogens with two attached hydrogens (primary N) is 1. The number of carboxylic acid groups (broad SMARTS) is 1. The van der Waals surface area contributed by atoms with E-state index in [1.807, 2.05) is 18.2 Å². The molecule has 0 saturated heterocycles. The number of nitrogens with one attached hydrogen (secondary N) is 1. The number of carbonyl (C=O) groups is 1. The average molecular weight is 202 g/mol. The Labute approximate surface area is 86.4 Å². The summed E-state index contributed by atoms with van der Waals surface area (Å²) >= 11 is 0. The van der Waals surface area contributed by atoms with Gasteiger partial charge in [-0.25, -0.2) is 4.79 Å². The second kappa shape index (κ2) is 3.49. The van der Waals surface area contributed by atoms with Gasteiger partial charge in [-0.1, -0.05) is 18.2 Å². The first-order chi connectivity index (χ1) is 7.18. The molecule has 1 aromatic heterocycles. The molecule has 0 spiro atoms. The van der Waals surface area contributed by atoms with Gasteiger partial charge in [0.05, 0.1) is 0 Å². The second-order valence-electron chi connectivity index (χ2n) is 3.18. The number of carboxylic acids is 1. The van der Waals surface area contributed by atoms with Crippen LogP contribution in [0.15, 0.2) is 36.4 Å². The van der Waals surface area contributed by atoms with Crippen LogP contribution in [-0.4, -0.2) is 16.1 Å². The van der Waals surface area contributed by atoms with E-state index in [-0.39, 0.29) is 5.69 Å². The fraction of sp³-hybridized carbons (Fsp3) is 0. The van der Waals surface area contributed by atoms with E-state index in [0.29, 0.717) is 11.4 Å². The summed E-state index contributed by atoms with van der Waals surface area (Å²) in [6.07, 6.45) is 0. The monoisotopic (exact) mass is 202 g/mol. The predicted molar refractivity (Wildman–Crippen MR) is 57.6 cm³/mol. The average Bonchev–Trinajstić information content (AvgIpc) is 2.67. The van der Waals surface area contributed by atoms with Gasteiger partial charge in [0.2, 0.25) is 0 Å². The van der Waals surface area contributed by atoms with Gasteiger partial charge in [0.1, 0.15) is 5.69 Å². The molecule has 4 heteroatoms. The van der Waals surface area contributed by atoms with Gasteiger partial charge in [-0.2, -0.15) is 0 Å². The third-order valence-corrected chi connectivity index (χ3v) is 2.17. The van der Waals surface area contributed by atoms with Crippen molar-refractivity contribution in [3.63, 3.8) is 0 Å². The molecular formula is C11H10N2O2. The van der Waals surface area contributed by atoms with Crippen LogP contribution in [0.5, 0.6) is 0 Å². The summed E-state index contributed by atoms with van der Waals surface area (Å²) < 4.78 is 0. The van der Waals surface area contributed by atoms with Crippen molar-refractivity contribution in [1.82, 2.24) is 4.98 Å². The molecule has 0 aliphatic carbocycles. The molecule has 4 nitrogen and oxygen atoms in total. The Hall–Kier alpha value is -2.23. The minimum atomic E-state index is -0.976. The van der Waals surface area contributed by atoms with Crippen LogP contribution in [-0.2, 0) is 0 Å². The molecule has 1 aromatic carbocycles.